The van der Waals surface area contributed by atoms with Crippen molar-refractivity contribution in [3.05, 3.63) is 214 Å². The van der Waals surface area contributed by atoms with Gasteiger partial charge in [0.1, 0.15) is 11.3 Å². The van der Waals surface area contributed by atoms with Gasteiger partial charge in [-0.05, 0) is 129 Å². The van der Waals surface area contributed by atoms with Gasteiger partial charge in [-0.15, -0.1) is 0 Å². The van der Waals surface area contributed by atoms with E-state index in [-0.39, 0.29) is 0 Å². The Balaban J connectivity index is 1.17. The third-order valence-electron chi connectivity index (χ3n) is 13.2. The molecule has 3 aliphatic carbocycles. The number of allylic oxidation sites excluding steroid dienone is 11. The van der Waals surface area contributed by atoms with Crippen LogP contribution in [0.4, 0.5) is 22.7 Å². The molecule has 0 bridgehead atoms. The van der Waals surface area contributed by atoms with Gasteiger partial charge in [-0.25, -0.2) is 0 Å². The van der Waals surface area contributed by atoms with Crippen LogP contribution in [0.15, 0.2) is 178 Å². The number of para-hydroxylation sites is 2. The molecule has 6 aromatic carbocycles. The van der Waals surface area contributed by atoms with Crippen LogP contribution in [0.5, 0.6) is 0 Å². The van der Waals surface area contributed by atoms with Gasteiger partial charge in [-0.3, -0.25) is 0 Å². The molecule has 4 nitrogen and oxygen atoms in total. The normalized spacial score (nSPS) is 14.5. The molecule has 0 N–H and O–H groups in total. The molecule has 0 saturated heterocycles. The van der Waals surface area contributed by atoms with Crippen LogP contribution < -0.4 is 9.80 Å². The molecule has 0 amide bonds. The van der Waals surface area contributed by atoms with Crippen LogP contribution in [0.1, 0.15) is 72.1 Å². The van der Waals surface area contributed by atoms with Crippen molar-refractivity contribution in [1.82, 2.24) is 0 Å². The van der Waals surface area contributed by atoms with Crippen LogP contribution in [0, 0.1) is 13.8 Å². The van der Waals surface area contributed by atoms with Gasteiger partial charge < -0.3 is 18.6 Å². The fourth-order valence-corrected chi connectivity index (χ4v) is 10.1. The molecule has 2 heterocycles. The van der Waals surface area contributed by atoms with E-state index in [1.807, 2.05) is 0 Å². The third kappa shape index (κ3) is 6.35. The summed E-state index contributed by atoms with van der Waals surface area (Å²) < 4.78 is 13.8. The number of rotatable bonds is 8. The maximum atomic E-state index is 6.94. The summed E-state index contributed by atoms with van der Waals surface area (Å²) in [7, 11) is 0. The van der Waals surface area contributed by atoms with E-state index in [0.717, 1.165) is 104 Å². The lowest BCUT2D eigenvalue weighted by atomic mass is 9.92. The highest BCUT2D eigenvalue weighted by Crippen LogP contribution is 2.49. The Morgan fingerprint density at radius 2 is 1.47 bits per heavy atom. The van der Waals surface area contributed by atoms with Crippen LogP contribution in [0.3, 0.4) is 0 Å². The van der Waals surface area contributed by atoms with Gasteiger partial charge >= 0.3 is 0 Å². The van der Waals surface area contributed by atoms with Gasteiger partial charge in [0.25, 0.3) is 0 Å². The van der Waals surface area contributed by atoms with Crippen molar-refractivity contribution >= 4 is 89.7 Å². The number of hydrogen-bond donors (Lipinski definition) is 0. The van der Waals surface area contributed by atoms with Gasteiger partial charge in [0.15, 0.2) is 11.3 Å². The molecule has 0 aliphatic heterocycles. The summed E-state index contributed by atoms with van der Waals surface area (Å²) in [6, 6.07) is 35.6. The highest BCUT2D eigenvalue weighted by molar-refractivity contribution is 6.19. The summed E-state index contributed by atoms with van der Waals surface area (Å²) >= 11 is 0. The molecule has 0 spiro atoms. The molecule has 11 rings (SSSR count). The minimum atomic E-state index is 0.745. The smallest absolute Gasteiger partial charge is 0.159 e. The van der Waals surface area contributed by atoms with E-state index in [2.05, 4.69) is 208 Å². The van der Waals surface area contributed by atoms with Crippen molar-refractivity contribution < 1.29 is 8.83 Å². The van der Waals surface area contributed by atoms with Gasteiger partial charge in [0, 0.05) is 38.7 Å². The summed E-state index contributed by atoms with van der Waals surface area (Å²) in [5.74, 6) is 1.73. The van der Waals surface area contributed by atoms with Crippen molar-refractivity contribution in [3.8, 4) is 0 Å². The fourth-order valence-electron chi connectivity index (χ4n) is 10.1. The standard InChI is InChI=1S/C60H50N2O2/c1-7-14-46-48-21-11-17-40(5)57(48)63-59(46)41(6)61(44-19-10-15-37(2)25-31-44)52-35-30-43-28-34-51-53(36-29-42-18-12-23-50(52)56(43)55(42)51)62(45-32-26-38(3)27-33-45)54-24-13-22-49-47-20-9-8-16-39(4)58(47)64-60(49)54/h7-9,11-19,21-22,24-36H,6,10,20,23H2,1-5H3/b14-7-. The summed E-state index contributed by atoms with van der Waals surface area (Å²) in [4.78, 5) is 4.74. The minimum absolute atomic E-state index is 0.745. The van der Waals surface area contributed by atoms with Crippen molar-refractivity contribution in [2.75, 3.05) is 9.80 Å². The quantitative estimate of drug-likeness (QED) is 0.143. The predicted molar refractivity (Wildman–Crippen MR) is 273 cm³/mol. The number of anilines is 4. The van der Waals surface area contributed by atoms with E-state index in [1.165, 1.54) is 49.4 Å². The minimum Gasteiger partial charge on any atom is -0.454 e. The van der Waals surface area contributed by atoms with Crippen molar-refractivity contribution in [2.45, 2.75) is 53.9 Å². The molecule has 0 unspecified atom stereocenters. The maximum Gasteiger partial charge on any atom is 0.159 e. The van der Waals surface area contributed by atoms with Gasteiger partial charge in [0.2, 0.25) is 0 Å². The van der Waals surface area contributed by atoms with Gasteiger partial charge in [-0.2, -0.15) is 0 Å². The van der Waals surface area contributed by atoms with Gasteiger partial charge in [0.05, 0.1) is 22.8 Å². The van der Waals surface area contributed by atoms with Crippen LogP contribution in [-0.4, -0.2) is 0 Å². The summed E-state index contributed by atoms with van der Waals surface area (Å²) in [6.07, 6.45) is 26.8. The lowest BCUT2D eigenvalue weighted by molar-refractivity contribution is 0.594. The Morgan fingerprint density at radius 3 is 2.33 bits per heavy atom. The number of nitrogens with zero attached hydrogens (tertiary/aromatic N) is 2. The van der Waals surface area contributed by atoms with Crippen LogP contribution in [0.25, 0.3) is 66.9 Å². The van der Waals surface area contributed by atoms with E-state index in [9.17, 15) is 0 Å². The molecule has 0 fully saturated rings. The topological polar surface area (TPSA) is 32.8 Å². The zero-order chi connectivity index (χ0) is 43.6. The predicted octanol–water partition coefficient (Wildman–Crippen LogP) is 17.0. The molecule has 0 saturated carbocycles. The Hall–Kier alpha value is -7.56. The van der Waals surface area contributed by atoms with E-state index in [0.29, 0.717) is 0 Å². The van der Waals surface area contributed by atoms with E-state index in [1.54, 1.807) is 0 Å². The number of benzene rings is 6. The van der Waals surface area contributed by atoms with Gasteiger partial charge in [-0.1, -0.05) is 145 Å². The molecule has 0 radical (unpaired) electrons. The SMILES string of the molecule is C=C(c1oc2c(C)cccc2c1/C=C\C)N(C1=CCC=C(C)C=C1)c1ccc2ccc3c(N(c4ccc(C)cc4)c4cccc5c6c(oc45)C(C)=CC=CC6)ccc4c3c2c1CC=C4. The Morgan fingerprint density at radius 1 is 0.672 bits per heavy atom. The first-order valence-electron chi connectivity index (χ1n) is 22.4. The third-order valence-corrected chi connectivity index (χ3v) is 13.2. The molecule has 2 aromatic heterocycles. The molecule has 312 valence electrons. The molecule has 3 aliphatic rings. The van der Waals surface area contributed by atoms with Crippen LogP contribution >= 0.6 is 0 Å². The monoisotopic (exact) mass is 830 g/mol. The average molecular weight is 831 g/mol. The average Bonchev–Trinajstić information content (AvgIpc) is 3.61. The van der Waals surface area contributed by atoms with E-state index >= 15 is 0 Å². The zero-order valence-corrected chi connectivity index (χ0v) is 37.1. The first kappa shape index (κ1) is 39.3. The van der Waals surface area contributed by atoms with Crippen LogP contribution in [0.2, 0.25) is 0 Å². The lowest BCUT2D eigenvalue weighted by Crippen LogP contribution is -2.21. The lowest BCUT2D eigenvalue weighted by Gasteiger charge is -2.31. The number of hydrogen-bond acceptors (Lipinski definition) is 4. The van der Waals surface area contributed by atoms with Crippen molar-refractivity contribution in [2.24, 2.45) is 0 Å². The summed E-state index contributed by atoms with van der Waals surface area (Å²) in [5.41, 5.74) is 17.3. The zero-order valence-electron chi connectivity index (χ0n) is 37.1. The summed E-state index contributed by atoms with van der Waals surface area (Å²) in [5, 5.41) is 7.07. The second-order valence-electron chi connectivity index (χ2n) is 17.4. The first-order chi connectivity index (χ1) is 31.3. The number of fused-ring (bicyclic) bond motifs is 4. The Bertz CT molecular complexity index is 3480. The van der Waals surface area contributed by atoms with Crippen LogP contribution in [-0.2, 0) is 12.8 Å². The summed E-state index contributed by atoms with van der Waals surface area (Å²) in [6.45, 7) is 15.5. The van der Waals surface area contributed by atoms with E-state index in [4.69, 9.17) is 15.4 Å². The molecule has 0 atom stereocenters. The molecular weight excluding hydrogens is 781 g/mol. The highest BCUT2D eigenvalue weighted by Gasteiger charge is 2.29. The molecule has 64 heavy (non-hydrogen) atoms. The number of furan rings is 2. The molecule has 4 heteroatoms. The maximum absolute atomic E-state index is 6.94. The van der Waals surface area contributed by atoms with E-state index < -0.39 is 0 Å². The fraction of sp³-hybridized carbons (Fsp3) is 0.133. The second-order valence-corrected chi connectivity index (χ2v) is 17.4. The second kappa shape index (κ2) is 15.7. The molecular formula is C60H50N2O2. The van der Waals surface area contributed by atoms with Crippen molar-refractivity contribution in [1.29, 1.82) is 0 Å². The van der Waals surface area contributed by atoms with Crippen molar-refractivity contribution in [3.63, 3.8) is 0 Å². The Kier molecular flexibility index (Phi) is 9.61. The number of aryl methyl sites for hydroxylation is 2. The molecule has 8 aromatic rings. The largest absolute Gasteiger partial charge is 0.454 e. The first-order valence-corrected chi connectivity index (χ1v) is 22.4. The Labute approximate surface area is 375 Å². The highest BCUT2D eigenvalue weighted by atomic mass is 16.3.